The number of nitrogens with one attached hydrogen (secondary N) is 2. The lowest BCUT2D eigenvalue weighted by molar-refractivity contribution is 0.259. The van der Waals surface area contributed by atoms with Gasteiger partial charge in [-0.05, 0) is 31.4 Å². The van der Waals surface area contributed by atoms with Gasteiger partial charge in [0.05, 0.1) is 18.9 Å². The maximum Gasteiger partial charge on any atom is 0.242 e. The second-order valence-electron chi connectivity index (χ2n) is 7.58. The number of benzene rings is 1. The van der Waals surface area contributed by atoms with E-state index in [0.29, 0.717) is 12.3 Å². The molecular formula is C19H27F2N5O4S2. The molecule has 2 atom stereocenters. The molecule has 0 spiro atoms. The van der Waals surface area contributed by atoms with E-state index in [9.17, 15) is 22.3 Å². The molecule has 1 unspecified atom stereocenters. The number of aromatic nitrogens is 3. The van der Waals surface area contributed by atoms with Crippen molar-refractivity contribution in [1.29, 1.82) is 0 Å². The van der Waals surface area contributed by atoms with Gasteiger partial charge in [-0.15, -0.1) is 0 Å². The number of hydrogen-bond donors (Lipinski definition) is 3. The fourth-order valence-corrected chi connectivity index (χ4v) is 3.83. The molecule has 0 aliphatic carbocycles. The van der Waals surface area contributed by atoms with Crippen LogP contribution in [0.25, 0.3) is 0 Å². The number of sulfonamides is 1. The molecule has 0 radical (unpaired) electrons. The van der Waals surface area contributed by atoms with E-state index in [2.05, 4.69) is 25.0 Å². The van der Waals surface area contributed by atoms with Gasteiger partial charge in [-0.25, -0.2) is 12.8 Å². The van der Waals surface area contributed by atoms with Gasteiger partial charge in [-0.2, -0.15) is 19.3 Å². The summed E-state index contributed by atoms with van der Waals surface area (Å²) in [7, 11) is -3.64. The summed E-state index contributed by atoms with van der Waals surface area (Å²) in [5.74, 6) is -2.09. The first kappa shape index (κ1) is 26.0. The lowest BCUT2D eigenvalue weighted by atomic mass is 10.0. The number of ether oxygens (including phenoxy) is 1. The lowest BCUT2D eigenvalue weighted by Crippen LogP contribution is -2.27. The zero-order valence-corrected chi connectivity index (χ0v) is 19.8. The minimum absolute atomic E-state index is 0.0148. The van der Waals surface area contributed by atoms with E-state index in [1.54, 1.807) is 6.92 Å². The van der Waals surface area contributed by atoms with E-state index in [1.165, 1.54) is 12.1 Å². The highest BCUT2D eigenvalue weighted by molar-refractivity contribution is 7.99. The molecule has 3 N–H and O–H groups in total. The van der Waals surface area contributed by atoms with Crippen molar-refractivity contribution in [3.8, 4) is 5.75 Å². The molecule has 13 heteroatoms. The molecule has 2 aromatic rings. The van der Waals surface area contributed by atoms with Gasteiger partial charge in [-0.3, -0.25) is 4.72 Å². The Morgan fingerprint density at radius 2 is 1.84 bits per heavy atom. The quantitative estimate of drug-likeness (QED) is 0.384. The van der Waals surface area contributed by atoms with Crippen molar-refractivity contribution in [3.63, 3.8) is 0 Å². The third-order valence-corrected chi connectivity index (χ3v) is 5.38. The third-order valence-electron chi connectivity index (χ3n) is 3.90. The van der Waals surface area contributed by atoms with Crippen molar-refractivity contribution in [2.45, 2.75) is 43.6 Å². The standard InChI is InChI=1S/C19H27F2N5O4S2/c1-11(2)8-13(9-27)22-17-23-18(26-32(4,28)29)25-19(24-17)31-12(3)10-30-15-7-5-6-14(20)16(15)21/h5-7,11-13,27H,8-10H2,1-4H3,(H2,22,23,24,25,26)/t12?,13-/m1/s1. The van der Waals surface area contributed by atoms with Crippen LogP contribution in [0.1, 0.15) is 27.2 Å². The SMILES string of the molecule is CC(C)C[C@H](CO)Nc1nc(NS(C)(=O)=O)nc(SC(C)COc2cccc(F)c2F)n1. The van der Waals surface area contributed by atoms with Crippen LogP contribution >= 0.6 is 11.8 Å². The number of rotatable bonds is 12. The number of anilines is 2. The fourth-order valence-electron chi connectivity index (χ4n) is 2.63. The Morgan fingerprint density at radius 1 is 1.16 bits per heavy atom. The minimum atomic E-state index is -3.64. The predicted octanol–water partition coefficient (Wildman–Crippen LogP) is 2.90. The molecule has 32 heavy (non-hydrogen) atoms. The van der Waals surface area contributed by atoms with Crippen LogP contribution in [0.4, 0.5) is 20.7 Å². The number of aliphatic hydroxyl groups excluding tert-OH is 1. The summed E-state index contributed by atoms with van der Waals surface area (Å²) in [6.07, 6.45) is 1.61. The van der Waals surface area contributed by atoms with Crippen LogP contribution in [0, 0.1) is 17.6 Å². The molecule has 0 saturated heterocycles. The molecule has 1 aromatic heterocycles. The first-order valence-corrected chi connectivity index (χ1v) is 12.6. The topological polar surface area (TPSA) is 126 Å². The van der Waals surface area contributed by atoms with Crippen LogP contribution in [0.15, 0.2) is 23.4 Å². The van der Waals surface area contributed by atoms with E-state index in [-0.39, 0.29) is 47.3 Å². The van der Waals surface area contributed by atoms with Crippen LogP contribution in [-0.4, -0.2) is 59.2 Å². The maximum absolute atomic E-state index is 13.8. The predicted molar refractivity (Wildman–Crippen MR) is 119 cm³/mol. The van der Waals surface area contributed by atoms with Crippen LogP contribution in [0.5, 0.6) is 5.75 Å². The molecule has 0 fully saturated rings. The van der Waals surface area contributed by atoms with Gasteiger partial charge < -0.3 is 15.2 Å². The highest BCUT2D eigenvalue weighted by atomic mass is 32.2. The molecule has 0 aliphatic heterocycles. The molecule has 0 bridgehead atoms. The van der Waals surface area contributed by atoms with Crippen molar-refractivity contribution >= 4 is 33.7 Å². The Hall–Kier alpha value is -2.25. The Bertz CT molecular complexity index is 1010. The van der Waals surface area contributed by atoms with Crippen molar-refractivity contribution in [1.82, 2.24) is 15.0 Å². The monoisotopic (exact) mass is 491 g/mol. The first-order chi connectivity index (χ1) is 15.0. The largest absolute Gasteiger partial charge is 0.489 e. The Labute approximate surface area is 190 Å². The Morgan fingerprint density at radius 3 is 2.47 bits per heavy atom. The first-order valence-electron chi connectivity index (χ1n) is 9.81. The van der Waals surface area contributed by atoms with Gasteiger partial charge in [0.2, 0.25) is 27.7 Å². The van der Waals surface area contributed by atoms with Crippen molar-refractivity contribution in [2.75, 3.05) is 29.5 Å². The average molecular weight is 492 g/mol. The van der Waals surface area contributed by atoms with E-state index >= 15 is 0 Å². The molecule has 2 rings (SSSR count). The van der Waals surface area contributed by atoms with E-state index in [1.807, 2.05) is 13.8 Å². The lowest BCUT2D eigenvalue weighted by Gasteiger charge is -2.19. The summed E-state index contributed by atoms with van der Waals surface area (Å²) in [6, 6.07) is 3.32. The summed E-state index contributed by atoms with van der Waals surface area (Å²) >= 11 is 1.14. The molecule has 178 valence electrons. The highest BCUT2D eigenvalue weighted by Crippen LogP contribution is 2.25. The number of halogens is 2. The molecule has 1 heterocycles. The van der Waals surface area contributed by atoms with Gasteiger partial charge >= 0.3 is 0 Å². The molecule has 0 aliphatic rings. The van der Waals surface area contributed by atoms with Gasteiger partial charge in [0.1, 0.15) is 6.61 Å². The Balaban J connectivity index is 2.16. The second-order valence-corrected chi connectivity index (χ2v) is 10.7. The maximum atomic E-state index is 13.8. The van der Waals surface area contributed by atoms with Crippen molar-refractivity contribution in [3.05, 3.63) is 29.8 Å². The second kappa shape index (κ2) is 11.6. The van der Waals surface area contributed by atoms with E-state index < -0.39 is 21.7 Å². The van der Waals surface area contributed by atoms with Crippen LogP contribution in [0.2, 0.25) is 0 Å². The molecule has 0 amide bonds. The number of nitrogens with zero attached hydrogens (tertiary/aromatic N) is 3. The summed E-state index contributed by atoms with van der Waals surface area (Å²) < 4.78 is 57.9. The third kappa shape index (κ3) is 8.71. The number of thioether (sulfide) groups is 1. The van der Waals surface area contributed by atoms with Gasteiger partial charge in [-0.1, -0.05) is 31.7 Å². The molecular weight excluding hydrogens is 464 g/mol. The fraction of sp³-hybridized carbons (Fsp3) is 0.526. The number of aliphatic hydroxyl groups is 1. The van der Waals surface area contributed by atoms with Gasteiger partial charge in [0, 0.05) is 5.25 Å². The summed E-state index contributed by atoms with van der Waals surface area (Å²) in [4.78, 5) is 12.4. The highest BCUT2D eigenvalue weighted by Gasteiger charge is 2.18. The van der Waals surface area contributed by atoms with Crippen LogP contribution < -0.4 is 14.8 Å². The van der Waals surface area contributed by atoms with E-state index in [0.717, 1.165) is 24.1 Å². The average Bonchev–Trinajstić information content (AvgIpc) is 2.66. The van der Waals surface area contributed by atoms with Crippen LogP contribution in [0.3, 0.4) is 0 Å². The normalized spacial score (nSPS) is 13.6. The van der Waals surface area contributed by atoms with Crippen molar-refractivity contribution in [2.24, 2.45) is 5.92 Å². The minimum Gasteiger partial charge on any atom is -0.489 e. The molecule has 0 saturated carbocycles. The smallest absolute Gasteiger partial charge is 0.242 e. The number of hydrogen-bond acceptors (Lipinski definition) is 9. The summed E-state index contributed by atoms with van der Waals surface area (Å²) in [5, 5.41) is 12.5. The molecule has 1 aromatic carbocycles. The molecule has 9 nitrogen and oxygen atoms in total. The van der Waals surface area contributed by atoms with Crippen LogP contribution in [-0.2, 0) is 10.0 Å². The summed E-state index contributed by atoms with van der Waals surface area (Å²) in [5.41, 5.74) is 0. The zero-order valence-electron chi connectivity index (χ0n) is 18.2. The Kier molecular flexibility index (Phi) is 9.40. The van der Waals surface area contributed by atoms with Crippen molar-refractivity contribution < 1.29 is 27.0 Å². The summed E-state index contributed by atoms with van der Waals surface area (Å²) in [6.45, 7) is 5.61. The van der Waals surface area contributed by atoms with Gasteiger partial charge in [0.15, 0.2) is 16.7 Å². The van der Waals surface area contributed by atoms with Gasteiger partial charge in [0.25, 0.3) is 0 Å². The van der Waals surface area contributed by atoms with E-state index in [4.69, 9.17) is 4.74 Å². The zero-order chi connectivity index (χ0) is 23.9.